The first-order chi connectivity index (χ1) is 9.52. The Bertz CT molecular complexity index is 547. The van der Waals surface area contributed by atoms with E-state index in [-0.39, 0.29) is 17.8 Å². The summed E-state index contributed by atoms with van der Waals surface area (Å²) in [7, 11) is 0. The fourth-order valence-electron chi connectivity index (χ4n) is 2.36. The van der Waals surface area contributed by atoms with Crippen LogP contribution < -0.4 is 10.6 Å². The van der Waals surface area contributed by atoms with Gasteiger partial charge in [-0.25, -0.2) is 4.39 Å². The number of anilines is 1. The number of nitriles is 1. The van der Waals surface area contributed by atoms with Crippen LogP contribution in [0.15, 0.2) is 18.2 Å². The van der Waals surface area contributed by atoms with Crippen LogP contribution >= 0.6 is 0 Å². The van der Waals surface area contributed by atoms with Gasteiger partial charge < -0.3 is 10.6 Å². The van der Waals surface area contributed by atoms with Gasteiger partial charge in [-0.3, -0.25) is 9.69 Å². The molecule has 5 nitrogen and oxygen atoms in total. The first kappa shape index (κ1) is 14.3. The van der Waals surface area contributed by atoms with E-state index in [0.717, 1.165) is 0 Å². The molecule has 1 heterocycles. The van der Waals surface area contributed by atoms with Crippen molar-refractivity contribution < 1.29 is 9.18 Å². The molecule has 1 aliphatic rings. The summed E-state index contributed by atoms with van der Waals surface area (Å²) < 4.78 is 13.9. The Labute approximate surface area is 117 Å². The lowest BCUT2D eigenvalue weighted by Crippen LogP contribution is -2.53. The first-order valence-corrected chi connectivity index (χ1v) is 6.51. The molecule has 1 atom stereocenters. The smallest absolute Gasteiger partial charge is 0.234 e. The molecule has 2 N–H and O–H groups in total. The second-order valence-electron chi connectivity index (χ2n) is 4.88. The molecule has 0 spiro atoms. The van der Waals surface area contributed by atoms with Gasteiger partial charge in [0.2, 0.25) is 5.91 Å². The van der Waals surface area contributed by atoms with Crippen molar-refractivity contribution >= 4 is 11.6 Å². The Hall–Kier alpha value is -2.13. The number of hydrogen-bond acceptors (Lipinski definition) is 4. The monoisotopic (exact) mass is 276 g/mol. The van der Waals surface area contributed by atoms with Crippen LogP contribution in [-0.4, -0.2) is 43.0 Å². The van der Waals surface area contributed by atoms with Crippen molar-refractivity contribution in [1.82, 2.24) is 4.90 Å². The number of carbonyl (C=O) groups excluding carboxylic acids is 1. The lowest BCUT2D eigenvalue weighted by atomic mass is 10.1. The third-order valence-corrected chi connectivity index (χ3v) is 3.69. The number of benzene rings is 1. The zero-order valence-corrected chi connectivity index (χ0v) is 11.3. The van der Waals surface area contributed by atoms with Crippen molar-refractivity contribution in [2.45, 2.75) is 13.0 Å². The molecular weight excluding hydrogens is 259 g/mol. The normalized spacial score (nSPS) is 17.6. The molecule has 0 radical (unpaired) electrons. The van der Waals surface area contributed by atoms with Crippen molar-refractivity contribution in [2.75, 3.05) is 31.1 Å². The van der Waals surface area contributed by atoms with Gasteiger partial charge in [-0.05, 0) is 25.1 Å². The van der Waals surface area contributed by atoms with Crippen LogP contribution in [0.25, 0.3) is 0 Å². The molecule has 106 valence electrons. The van der Waals surface area contributed by atoms with E-state index in [2.05, 4.69) is 0 Å². The van der Waals surface area contributed by atoms with Gasteiger partial charge in [-0.2, -0.15) is 5.26 Å². The van der Waals surface area contributed by atoms with Gasteiger partial charge >= 0.3 is 0 Å². The van der Waals surface area contributed by atoms with Gasteiger partial charge in [0.05, 0.1) is 23.4 Å². The van der Waals surface area contributed by atoms with E-state index in [9.17, 15) is 9.18 Å². The molecule has 1 aliphatic heterocycles. The molecule has 1 aromatic carbocycles. The molecule has 0 aliphatic carbocycles. The van der Waals surface area contributed by atoms with Gasteiger partial charge in [-0.15, -0.1) is 0 Å². The third kappa shape index (κ3) is 2.89. The molecule has 0 bridgehead atoms. The molecule has 2 rings (SSSR count). The van der Waals surface area contributed by atoms with E-state index >= 15 is 0 Å². The molecule has 0 aromatic heterocycles. The maximum Gasteiger partial charge on any atom is 0.234 e. The Balaban J connectivity index is 2.04. The van der Waals surface area contributed by atoms with Crippen molar-refractivity contribution in [3.63, 3.8) is 0 Å². The zero-order chi connectivity index (χ0) is 14.7. The number of rotatable bonds is 3. The molecule has 1 fully saturated rings. The number of hydrogen-bond donors (Lipinski definition) is 1. The third-order valence-electron chi connectivity index (χ3n) is 3.69. The number of nitrogens with two attached hydrogens (primary N) is 1. The Morgan fingerprint density at radius 1 is 1.40 bits per heavy atom. The van der Waals surface area contributed by atoms with Crippen molar-refractivity contribution in [3.8, 4) is 6.07 Å². The fraction of sp³-hybridized carbons (Fsp3) is 0.429. The van der Waals surface area contributed by atoms with E-state index in [1.165, 1.54) is 6.07 Å². The highest BCUT2D eigenvalue weighted by atomic mass is 19.1. The highest BCUT2D eigenvalue weighted by Crippen LogP contribution is 2.22. The van der Waals surface area contributed by atoms with Crippen molar-refractivity contribution in [3.05, 3.63) is 29.6 Å². The summed E-state index contributed by atoms with van der Waals surface area (Å²) in [6.07, 6.45) is 0. The second kappa shape index (κ2) is 5.88. The first-order valence-electron chi connectivity index (χ1n) is 6.51. The van der Waals surface area contributed by atoms with Crippen molar-refractivity contribution in [1.29, 1.82) is 5.26 Å². The van der Waals surface area contributed by atoms with Crippen LogP contribution in [0.2, 0.25) is 0 Å². The lowest BCUT2D eigenvalue weighted by Gasteiger charge is -2.38. The minimum Gasteiger partial charge on any atom is -0.368 e. The Kier molecular flexibility index (Phi) is 4.20. The fourth-order valence-corrected chi connectivity index (χ4v) is 2.36. The average molecular weight is 276 g/mol. The van der Waals surface area contributed by atoms with E-state index < -0.39 is 0 Å². The molecule has 20 heavy (non-hydrogen) atoms. The molecule has 1 amide bonds. The van der Waals surface area contributed by atoms with Crippen LogP contribution in [0.4, 0.5) is 10.1 Å². The summed E-state index contributed by atoms with van der Waals surface area (Å²) in [5, 5.41) is 8.73. The number of carbonyl (C=O) groups is 1. The van der Waals surface area contributed by atoms with Gasteiger partial charge in [0.15, 0.2) is 0 Å². The topological polar surface area (TPSA) is 73.4 Å². The highest BCUT2D eigenvalue weighted by Gasteiger charge is 2.25. The van der Waals surface area contributed by atoms with E-state index in [0.29, 0.717) is 37.4 Å². The minimum atomic E-state index is -0.388. The molecule has 0 saturated carbocycles. The SMILES string of the molecule is C[C@@H](C(N)=O)N1CCN(c2ccc(C#N)cc2F)CC1. The minimum absolute atomic E-state index is 0.303. The van der Waals surface area contributed by atoms with Crippen LogP contribution in [-0.2, 0) is 4.79 Å². The lowest BCUT2D eigenvalue weighted by molar-refractivity contribution is -0.122. The highest BCUT2D eigenvalue weighted by molar-refractivity contribution is 5.79. The van der Waals surface area contributed by atoms with E-state index in [1.807, 2.05) is 15.9 Å². The predicted octanol–water partition coefficient (Wildman–Crippen LogP) is 0.693. The second-order valence-corrected chi connectivity index (χ2v) is 4.88. The van der Waals surface area contributed by atoms with Crippen LogP contribution in [0.1, 0.15) is 12.5 Å². The van der Waals surface area contributed by atoms with Crippen LogP contribution in [0, 0.1) is 17.1 Å². The number of amides is 1. The summed E-state index contributed by atoms with van der Waals surface area (Å²) in [5.41, 5.74) is 6.09. The number of nitrogens with zero attached hydrogens (tertiary/aromatic N) is 3. The molecule has 6 heteroatoms. The van der Waals surface area contributed by atoms with E-state index in [1.54, 1.807) is 19.1 Å². The predicted molar refractivity (Wildman–Crippen MR) is 73.6 cm³/mol. The zero-order valence-electron chi connectivity index (χ0n) is 11.3. The summed E-state index contributed by atoms with van der Waals surface area (Å²) in [6.45, 7) is 4.34. The number of primary amides is 1. The summed E-state index contributed by atoms with van der Waals surface area (Å²) >= 11 is 0. The summed E-state index contributed by atoms with van der Waals surface area (Å²) in [5.74, 6) is -0.733. The maximum atomic E-state index is 13.9. The number of halogens is 1. The quantitative estimate of drug-likeness (QED) is 0.881. The standard InChI is InChI=1S/C14H17FN4O/c1-10(14(17)20)18-4-6-19(7-5-18)13-3-2-11(9-16)8-12(13)15/h2-3,8,10H,4-7H2,1H3,(H2,17,20)/t10-/m0/s1. The molecular formula is C14H17FN4O. The maximum absolute atomic E-state index is 13.9. The average Bonchev–Trinajstić information content (AvgIpc) is 2.46. The van der Waals surface area contributed by atoms with Gasteiger partial charge in [0.25, 0.3) is 0 Å². The van der Waals surface area contributed by atoms with Gasteiger partial charge in [0, 0.05) is 26.2 Å². The Morgan fingerprint density at radius 2 is 2.05 bits per heavy atom. The molecule has 1 aromatic rings. The van der Waals surface area contributed by atoms with Crippen LogP contribution in [0.3, 0.4) is 0 Å². The van der Waals surface area contributed by atoms with Gasteiger partial charge in [0.1, 0.15) is 5.82 Å². The van der Waals surface area contributed by atoms with E-state index in [4.69, 9.17) is 11.0 Å². The summed E-state index contributed by atoms with van der Waals surface area (Å²) in [4.78, 5) is 15.1. The molecule has 0 unspecified atom stereocenters. The molecule has 1 saturated heterocycles. The summed E-state index contributed by atoms with van der Waals surface area (Å²) in [6, 6.07) is 6.09. The van der Waals surface area contributed by atoms with Crippen molar-refractivity contribution in [2.24, 2.45) is 5.73 Å². The number of piperazine rings is 1. The largest absolute Gasteiger partial charge is 0.368 e. The Morgan fingerprint density at radius 3 is 2.55 bits per heavy atom. The van der Waals surface area contributed by atoms with Crippen LogP contribution in [0.5, 0.6) is 0 Å². The van der Waals surface area contributed by atoms with Gasteiger partial charge in [-0.1, -0.05) is 0 Å².